The van der Waals surface area contributed by atoms with Crippen LogP contribution in [0.4, 0.5) is 5.82 Å². The number of carbonyl (C=O) groups excluding carboxylic acids is 1. The molecule has 1 amide bonds. The van der Waals surface area contributed by atoms with Crippen molar-refractivity contribution in [1.29, 1.82) is 0 Å². The molecule has 92 valence electrons. The highest BCUT2D eigenvalue weighted by molar-refractivity contribution is 7.09. The molecule has 0 atom stereocenters. The fraction of sp³-hybridized carbons (Fsp3) is 0.0909. The molecule has 0 aromatic carbocycles. The highest BCUT2D eigenvalue weighted by Gasteiger charge is 2.11. The van der Waals surface area contributed by atoms with Crippen molar-refractivity contribution in [3.63, 3.8) is 0 Å². The summed E-state index contributed by atoms with van der Waals surface area (Å²) in [5, 5.41) is 13.7. The van der Waals surface area contributed by atoms with E-state index in [-0.39, 0.29) is 11.4 Å². The lowest BCUT2D eigenvalue weighted by Gasteiger charge is -2.02. The van der Waals surface area contributed by atoms with Gasteiger partial charge in [-0.05, 0) is 19.1 Å². The van der Waals surface area contributed by atoms with Gasteiger partial charge in [-0.1, -0.05) is 0 Å². The molecule has 0 saturated heterocycles. The Bertz CT molecular complexity index is 609. The fourth-order valence-electron chi connectivity index (χ4n) is 1.28. The molecule has 0 spiro atoms. The lowest BCUT2D eigenvalue weighted by Crippen LogP contribution is -2.14. The Morgan fingerprint density at radius 2 is 2.22 bits per heavy atom. The predicted molar refractivity (Wildman–Crippen MR) is 66.0 cm³/mol. The Morgan fingerprint density at radius 1 is 1.44 bits per heavy atom. The molecule has 0 saturated carbocycles. The average molecular weight is 263 g/mol. The molecule has 2 heterocycles. The molecule has 2 N–H and O–H groups in total. The zero-order valence-electron chi connectivity index (χ0n) is 9.38. The molecule has 0 radical (unpaired) electrons. The minimum atomic E-state index is -1.07. The summed E-state index contributed by atoms with van der Waals surface area (Å²) in [4.78, 5) is 30.4. The van der Waals surface area contributed by atoms with Crippen LogP contribution in [0.3, 0.4) is 0 Å². The summed E-state index contributed by atoms with van der Waals surface area (Å²) in [5.74, 6) is -1.29. The molecule has 0 aliphatic heterocycles. The Hall–Kier alpha value is -2.28. The van der Waals surface area contributed by atoms with E-state index in [2.05, 4.69) is 15.3 Å². The molecule has 0 fully saturated rings. The number of carboxylic acid groups (broad SMARTS) is 1. The number of hydrogen-bond donors (Lipinski definition) is 2. The summed E-state index contributed by atoms with van der Waals surface area (Å²) in [7, 11) is 0. The zero-order valence-corrected chi connectivity index (χ0v) is 10.2. The van der Waals surface area contributed by atoms with Crippen LogP contribution in [0.2, 0.25) is 0 Å². The van der Waals surface area contributed by atoms with Crippen molar-refractivity contribution in [3.8, 4) is 0 Å². The molecular formula is C11H9N3O3S. The van der Waals surface area contributed by atoms with E-state index in [4.69, 9.17) is 5.11 Å². The number of anilines is 1. The lowest BCUT2D eigenvalue weighted by atomic mass is 10.2. The van der Waals surface area contributed by atoms with Crippen molar-refractivity contribution in [2.75, 3.05) is 5.32 Å². The number of aromatic carboxylic acids is 1. The van der Waals surface area contributed by atoms with Gasteiger partial charge in [-0.2, -0.15) is 0 Å². The third-order valence-electron chi connectivity index (χ3n) is 2.10. The largest absolute Gasteiger partial charge is 0.478 e. The van der Waals surface area contributed by atoms with Crippen LogP contribution >= 0.6 is 11.3 Å². The predicted octanol–water partition coefficient (Wildman–Crippen LogP) is 1.80. The van der Waals surface area contributed by atoms with Gasteiger partial charge in [0.15, 0.2) is 0 Å². The van der Waals surface area contributed by atoms with Gasteiger partial charge >= 0.3 is 5.97 Å². The van der Waals surface area contributed by atoms with Gasteiger partial charge in [-0.25, -0.2) is 14.8 Å². The summed E-state index contributed by atoms with van der Waals surface area (Å²) in [6, 6.07) is 2.64. The monoisotopic (exact) mass is 263 g/mol. The highest BCUT2D eigenvalue weighted by Crippen LogP contribution is 2.11. The van der Waals surface area contributed by atoms with Gasteiger partial charge in [-0.15, -0.1) is 11.3 Å². The number of aryl methyl sites for hydroxylation is 1. The molecule has 7 heteroatoms. The van der Waals surface area contributed by atoms with Crippen LogP contribution in [-0.2, 0) is 0 Å². The average Bonchev–Trinajstić information content (AvgIpc) is 2.76. The summed E-state index contributed by atoms with van der Waals surface area (Å²) in [6.07, 6.45) is 1.32. The minimum absolute atomic E-state index is 0.0646. The van der Waals surface area contributed by atoms with E-state index in [1.807, 2.05) is 0 Å². The third-order valence-corrected chi connectivity index (χ3v) is 2.87. The van der Waals surface area contributed by atoms with E-state index in [1.165, 1.54) is 29.7 Å². The van der Waals surface area contributed by atoms with Crippen molar-refractivity contribution in [2.45, 2.75) is 6.92 Å². The summed E-state index contributed by atoms with van der Waals surface area (Å²) >= 11 is 1.36. The zero-order chi connectivity index (χ0) is 13.1. The molecule has 2 rings (SSSR count). The maximum absolute atomic E-state index is 11.8. The molecule has 6 nitrogen and oxygen atoms in total. The number of rotatable bonds is 3. The van der Waals surface area contributed by atoms with Crippen LogP contribution in [0.1, 0.15) is 25.9 Å². The normalized spacial score (nSPS) is 10.1. The second-order valence-electron chi connectivity index (χ2n) is 3.44. The molecule has 18 heavy (non-hydrogen) atoms. The van der Waals surface area contributed by atoms with Gasteiger partial charge in [0.05, 0.1) is 10.6 Å². The molecule has 0 bridgehead atoms. The Labute approximate surface area is 106 Å². The smallest absolute Gasteiger partial charge is 0.335 e. The van der Waals surface area contributed by atoms with Gasteiger partial charge in [0.2, 0.25) is 0 Å². The standard InChI is InChI=1S/C11H9N3O3S/c1-6-13-8(5-18-6)10(15)14-9-4-7(11(16)17)2-3-12-9/h2-5H,1H3,(H,16,17)(H,12,14,15). The van der Waals surface area contributed by atoms with Crippen LogP contribution in [0.25, 0.3) is 0 Å². The third kappa shape index (κ3) is 2.69. The first-order chi connectivity index (χ1) is 8.56. The molecule has 0 aliphatic rings. The topological polar surface area (TPSA) is 92.2 Å². The van der Waals surface area contributed by atoms with Crippen molar-refractivity contribution < 1.29 is 14.7 Å². The number of thiazole rings is 1. The van der Waals surface area contributed by atoms with E-state index >= 15 is 0 Å². The van der Waals surface area contributed by atoms with Crippen LogP contribution in [0.15, 0.2) is 23.7 Å². The number of pyridine rings is 1. The maximum atomic E-state index is 11.8. The first kappa shape index (κ1) is 12.2. The van der Waals surface area contributed by atoms with Gasteiger partial charge in [-0.3, -0.25) is 4.79 Å². The second-order valence-corrected chi connectivity index (χ2v) is 4.50. The number of hydrogen-bond acceptors (Lipinski definition) is 5. The first-order valence-corrected chi connectivity index (χ1v) is 5.87. The molecule has 0 unspecified atom stereocenters. The van der Waals surface area contributed by atoms with Gasteiger partial charge in [0.1, 0.15) is 11.5 Å². The fourth-order valence-corrected chi connectivity index (χ4v) is 1.87. The minimum Gasteiger partial charge on any atom is -0.478 e. The van der Waals surface area contributed by atoms with Gasteiger partial charge in [0, 0.05) is 11.6 Å². The summed E-state index contributed by atoms with van der Waals surface area (Å²) < 4.78 is 0. The number of carboxylic acids is 1. The van der Waals surface area contributed by atoms with Crippen molar-refractivity contribution in [3.05, 3.63) is 40.0 Å². The van der Waals surface area contributed by atoms with Crippen LogP contribution in [0, 0.1) is 6.92 Å². The molecular weight excluding hydrogens is 254 g/mol. The number of nitrogens with one attached hydrogen (secondary N) is 1. The van der Waals surface area contributed by atoms with Crippen LogP contribution in [0.5, 0.6) is 0 Å². The van der Waals surface area contributed by atoms with Crippen LogP contribution < -0.4 is 5.32 Å². The SMILES string of the molecule is Cc1nc(C(=O)Nc2cc(C(=O)O)ccn2)cs1. The second kappa shape index (κ2) is 4.92. The van der Waals surface area contributed by atoms with E-state index in [0.29, 0.717) is 5.69 Å². The Morgan fingerprint density at radius 3 is 2.83 bits per heavy atom. The maximum Gasteiger partial charge on any atom is 0.335 e. The lowest BCUT2D eigenvalue weighted by molar-refractivity contribution is 0.0696. The summed E-state index contributed by atoms with van der Waals surface area (Å²) in [5.41, 5.74) is 0.356. The van der Waals surface area contributed by atoms with E-state index in [0.717, 1.165) is 5.01 Å². The Kier molecular flexibility index (Phi) is 3.33. The number of aromatic nitrogens is 2. The van der Waals surface area contributed by atoms with Crippen molar-refractivity contribution in [2.24, 2.45) is 0 Å². The van der Waals surface area contributed by atoms with Crippen molar-refractivity contribution >= 4 is 29.0 Å². The summed E-state index contributed by atoms with van der Waals surface area (Å²) in [6.45, 7) is 1.80. The molecule has 0 aliphatic carbocycles. The number of carbonyl (C=O) groups is 2. The highest BCUT2D eigenvalue weighted by atomic mass is 32.1. The Balaban J connectivity index is 2.16. The van der Waals surface area contributed by atoms with Crippen molar-refractivity contribution in [1.82, 2.24) is 9.97 Å². The van der Waals surface area contributed by atoms with Gasteiger partial charge < -0.3 is 10.4 Å². The first-order valence-electron chi connectivity index (χ1n) is 4.99. The van der Waals surface area contributed by atoms with Gasteiger partial charge in [0.25, 0.3) is 5.91 Å². The van der Waals surface area contributed by atoms with E-state index in [1.54, 1.807) is 12.3 Å². The van der Waals surface area contributed by atoms with Crippen LogP contribution in [-0.4, -0.2) is 27.0 Å². The number of amides is 1. The van der Waals surface area contributed by atoms with E-state index in [9.17, 15) is 9.59 Å². The number of nitrogens with zero attached hydrogens (tertiary/aromatic N) is 2. The van der Waals surface area contributed by atoms with E-state index < -0.39 is 11.9 Å². The quantitative estimate of drug-likeness (QED) is 0.880. The molecule has 2 aromatic rings. The molecule has 2 aromatic heterocycles.